The molecule has 1 aromatic heterocycles. The molecule has 2 aromatic rings. The van der Waals surface area contributed by atoms with Crippen molar-refractivity contribution in [1.29, 1.82) is 0 Å². The van der Waals surface area contributed by atoms with E-state index in [4.69, 9.17) is 5.73 Å². The number of rotatable bonds is 2. The Bertz CT molecular complexity index is 470. The van der Waals surface area contributed by atoms with Crippen LogP contribution in [0.5, 0.6) is 0 Å². The van der Waals surface area contributed by atoms with E-state index in [-0.39, 0.29) is 11.6 Å². The van der Waals surface area contributed by atoms with Crippen molar-refractivity contribution in [2.75, 3.05) is 0 Å². The average molecular weight is 200 g/mol. The second kappa shape index (κ2) is 4.11. The van der Waals surface area contributed by atoms with E-state index < -0.39 is 0 Å². The molecule has 0 aliphatic rings. The summed E-state index contributed by atoms with van der Waals surface area (Å²) in [6, 6.07) is 12.8. The molecule has 0 fully saturated rings. The first-order valence-corrected chi connectivity index (χ1v) is 4.76. The van der Waals surface area contributed by atoms with Gasteiger partial charge in [0.15, 0.2) is 0 Å². The van der Waals surface area contributed by atoms with Gasteiger partial charge in [-0.3, -0.25) is 4.79 Å². The third-order valence-electron chi connectivity index (χ3n) is 2.33. The highest BCUT2D eigenvalue weighted by Crippen LogP contribution is 2.16. The quantitative estimate of drug-likeness (QED) is 0.770. The third-order valence-corrected chi connectivity index (χ3v) is 2.33. The molecule has 0 radical (unpaired) electrons. The number of nitrogens with two attached hydrogens (primary N) is 1. The van der Waals surface area contributed by atoms with Gasteiger partial charge in [-0.05, 0) is 11.1 Å². The predicted octanol–water partition coefficient (Wildman–Crippen LogP) is 1.42. The van der Waals surface area contributed by atoms with Crippen LogP contribution in [-0.2, 0) is 0 Å². The summed E-state index contributed by atoms with van der Waals surface area (Å²) in [6.07, 6.45) is 1.65. The van der Waals surface area contributed by atoms with Gasteiger partial charge >= 0.3 is 0 Å². The maximum Gasteiger partial charge on any atom is 0.247 e. The van der Waals surface area contributed by atoms with Crippen LogP contribution in [-0.4, -0.2) is 4.98 Å². The van der Waals surface area contributed by atoms with Crippen molar-refractivity contribution in [2.24, 2.45) is 5.73 Å². The van der Waals surface area contributed by atoms with Gasteiger partial charge in [0.1, 0.15) is 0 Å². The molecule has 76 valence electrons. The van der Waals surface area contributed by atoms with Crippen LogP contribution in [0.25, 0.3) is 0 Å². The molecule has 0 aliphatic heterocycles. The van der Waals surface area contributed by atoms with E-state index in [9.17, 15) is 4.79 Å². The molecular formula is C12H12N2O. The minimum Gasteiger partial charge on any atom is -0.329 e. The number of benzene rings is 1. The zero-order chi connectivity index (χ0) is 10.7. The number of hydrogen-bond donors (Lipinski definition) is 2. The summed E-state index contributed by atoms with van der Waals surface area (Å²) in [5, 5.41) is 0. The molecule has 3 nitrogen and oxygen atoms in total. The first kappa shape index (κ1) is 9.68. The number of aromatic nitrogens is 1. The molecule has 0 spiro atoms. The summed E-state index contributed by atoms with van der Waals surface area (Å²) in [4.78, 5) is 13.5. The van der Waals surface area contributed by atoms with Gasteiger partial charge in [-0.2, -0.15) is 0 Å². The number of nitrogens with one attached hydrogen (secondary N) is 1. The normalized spacial score (nSPS) is 12.3. The third kappa shape index (κ3) is 2.14. The number of hydrogen-bond acceptors (Lipinski definition) is 2. The number of H-pyrrole nitrogens is 1. The lowest BCUT2D eigenvalue weighted by atomic mass is 10.0. The maximum atomic E-state index is 10.9. The van der Waals surface area contributed by atoms with Gasteiger partial charge in [0.05, 0.1) is 6.04 Å². The summed E-state index contributed by atoms with van der Waals surface area (Å²) in [5.41, 5.74) is 7.87. The molecule has 15 heavy (non-hydrogen) atoms. The van der Waals surface area contributed by atoms with Crippen molar-refractivity contribution in [3.63, 3.8) is 0 Å². The van der Waals surface area contributed by atoms with Crippen LogP contribution in [0, 0.1) is 0 Å². The van der Waals surface area contributed by atoms with Crippen molar-refractivity contribution >= 4 is 0 Å². The van der Waals surface area contributed by atoms with Gasteiger partial charge in [0, 0.05) is 12.3 Å². The highest BCUT2D eigenvalue weighted by molar-refractivity contribution is 5.28. The molecule has 0 saturated heterocycles. The molecule has 0 unspecified atom stereocenters. The Morgan fingerprint density at radius 1 is 1.00 bits per heavy atom. The number of aromatic amines is 1. The van der Waals surface area contributed by atoms with E-state index in [1.807, 2.05) is 30.3 Å². The standard InChI is InChI=1S/C12H12N2O/c13-12(9-4-2-1-3-5-9)10-6-7-11(15)14-8-10/h1-8,12H,13H2,(H,14,15)/t12-/m0/s1. The molecule has 1 heterocycles. The minimum absolute atomic E-state index is 0.112. The summed E-state index contributed by atoms with van der Waals surface area (Å²) in [5.74, 6) is 0. The summed E-state index contributed by atoms with van der Waals surface area (Å²) < 4.78 is 0. The number of pyridine rings is 1. The van der Waals surface area contributed by atoms with Crippen molar-refractivity contribution in [1.82, 2.24) is 4.98 Å². The summed E-state index contributed by atoms with van der Waals surface area (Å²) in [6.45, 7) is 0. The van der Waals surface area contributed by atoms with Gasteiger partial charge in [0.2, 0.25) is 5.56 Å². The Balaban J connectivity index is 2.32. The van der Waals surface area contributed by atoms with Crippen LogP contribution in [0.15, 0.2) is 53.5 Å². The molecular weight excluding hydrogens is 188 g/mol. The molecule has 0 amide bonds. The zero-order valence-corrected chi connectivity index (χ0v) is 8.18. The first-order valence-electron chi connectivity index (χ1n) is 4.76. The molecule has 0 bridgehead atoms. The Morgan fingerprint density at radius 2 is 1.73 bits per heavy atom. The van der Waals surface area contributed by atoms with Crippen molar-refractivity contribution < 1.29 is 0 Å². The van der Waals surface area contributed by atoms with Crippen molar-refractivity contribution in [3.05, 3.63) is 70.1 Å². The van der Waals surface area contributed by atoms with Crippen LogP contribution >= 0.6 is 0 Å². The van der Waals surface area contributed by atoms with Gasteiger partial charge in [-0.1, -0.05) is 36.4 Å². The van der Waals surface area contributed by atoms with Crippen LogP contribution in [0.3, 0.4) is 0 Å². The van der Waals surface area contributed by atoms with E-state index in [2.05, 4.69) is 4.98 Å². The summed E-state index contributed by atoms with van der Waals surface area (Å²) >= 11 is 0. The van der Waals surface area contributed by atoms with Crippen LogP contribution in [0.4, 0.5) is 0 Å². The molecule has 3 heteroatoms. The van der Waals surface area contributed by atoms with Gasteiger partial charge in [-0.15, -0.1) is 0 Å². The fraction of sp³-hybridized carbons (Fsp3) is 0.0833. The van der Waals surface area contributed by atoms with E-state index in [1.54, 1.807) is 12.3 Å². The van der Waals surface area contributed by atoms with Crippen LogP contribution in [0.1, 0.15) is 17.2 Å². The first-order chi connectivity index (χ1) is 7.27. The Kier molecular flexibility index (Phi) is 2.65. The van der Waals surface area contributed by atoms with Gasteiger partial charge in [-0.25, -0.2) is 0 Å². The lowest BCUT2D eigenvalue weighted by molar-refractivity contribution is 0.861. The average Bonchev–Trinajstić information content (AvgIpc) is 2.30. The fourth-order valence-corrected chi connectivity index (χ4v) is 1.47. The van der Waals surface area contributed by atoms with Gasteiger partial charge < -0.3 is 10.7 Å². The predicted molar refractivity (Wildman–Crippen MR) is 59.5 cm³/mol. The molecule has 2 rings (SSSR count). The molecule has 3 N–H and O–H groups in total. The highest BCUT2D eigenvalue weighted by Gasteiger charge is 2.07. The Morgan fingerprint density at radius 3 is 2.33 bits per heavy atom. The monoisotopic (exact) mass is 200 g/mol. The largest absolute Gasteiger partial charge is 0.329 e. The maximum absolute atomic E-state index is 10.9. The smallest absolute Gasteiger partial charge is 0.247 e. The fourth-order valence-electron chi connectivity index (χ4n) is 1.47. The molecule has 1 atom stereocenters. The lowest BCUT2D eigenvalue weighted by Gasteiger charge is -2.11. The van der Waals surface area contributed by atoms with Crippen LogP contribution < -0.4 is 11.3 Å². The SMILES string of the molecule is N[C@@H](c1ccccc1)c1ccc(=O)[nH]c1. The van der Waals surface area contributed by atoms with E-state index >= 15 is 0 Å². The highest BCUT2D eigenvalue weighted by atomic mass is 16.1. The molecule has 1 aromatic carbocycles. The zero-order valence-electron chi connectivity index (χ0n) is 8.18. The van der Waals surface area contributed by atoms with E-state index in [0.717, 1.165) is 11.1 Å². The Hall–Kier alpha value is -1.87. The summed E-state index contributed by atoms with van der Waals surface area (Å²) in [7, 11) is 0. The van der Waals surface area contributed by atoms with Crippen molar-refractivity contribution in [2.45, 2.75) is 6.04 Å². The Labute approximate surface area is 87.6 Å². The topological polar surface area (TPSA) is 58.9 Å². The van der Waals surface area contributed by atoms with Gasteiger partial charge in [0.25, 0.3) is 0 Å². The lowest BCUT2D eigenvalue weighted by Crippen LogP contribution is -2.14. The molecule has 0 saturated carbocycles. The minimum atomic E-state index is -0.192. The second-order valence-electron chi connectivity index (χ2n) is 3.37. The van der Waals surface area contributed by atoms with E-state index in [0.29, 0.717) is 0 Å². The van der Waals surface area contributed by atoms with E-state index in [1.165, 1.54) is 6.07 Å². The molecule has 0 aliphatic carbocycles. The van der Waals surface area contributed by atoms with Crippen LogP contribution in [0.2, 0.25) is 0 Å². The van der Waals surface area contributed by atoms with Crippen molar-refractivity contribution in [3.8, 4) is 0 Å². The second-order valence-corrected chi connectivity index (χ2v) is 3.37.